The van der Waals surface area contributed by atoms with Crippen LogP contribution in [0.4, 0.5) is 0 Å². The molecule has 4 heteroatoms. The molecule has 1 unspecified atom stereocenters. The highest BCUT2D eigenvalue weighted by molar-refractivity contribution is 6.30. The van der Waals surface area contributed by atoms with Crippen molar-refractivity contribution >= 4 is 17.3 Å². The van der Waals surface area contributed by atoms with Gasteiger partial charge in [-0.15, -0.1) is 0 Å². The molecule has 0 amide bonds. The van der Waals surface area contributed by atoms with Crippen LogP contribution >= 0.6 is 11.6 Å². The summed E-state index contributed by atoms with van der Waals surface area (Å²) in [6, 6.07) is 15.3. The number of rotatable bonds is 3. The number of nitrogens with zero attached hydrogens (tertiary/aromatic N) is 1. The average Bonchev–Trinajstić information content (AvgIpc) is 2.95. The van der Waals surface area contributed by atoms with Crippen molar-refractivity contribution in [3.8, 4) is 11.5 Å². The molecule has 2 aromatic carbocycles. The van der Waals surface area contributed by atoms with Gasteiger partial charge in [-0.05, 0) is 81.1 Å². The topological polar surface area (TPSA) is 30.8 Å². The number of oxime groups is 1. The Bertz CT molecular complexity index is 761. The molecule has 4 rings (SSSR count). The summed E-state index contributed by atoms with van der Waals surface area (Å²) < 4.78 is 5.84. The molecule has 129 valence electrons. The molecule has 0 bridgehead atoms. The van der Waals surface area contributed by atoms with Gasteiger partial charge in [-0.1, -0.05) is 23.2 Å². The van der Waals surface area contributed by atoms with Crippen LogP contribution in [0, 0.1) is 12.8 Å². The Morgan fingerprint density at radius 1 is 0.960 bits per heavy atom. The van der Waals surface area contributed by atoms with E-state index in [2.05, 4.69) is 12.1 Å². The van der Waals surface area contributed by atoms with Crippen molar-refractivity contribution in [3.63, 3.8) is 0 Å². The maximum Gasteiger partial charge on any atom is 0.146 e. The molecule has 1 heterocycles. The fourth-order valence-electron chi connectivity index (χ4n) is 3.69. The molecule has 1 spiro atoms. The Hall–Kier alpha value is -2.00. The molecule has 1 radical (unpaired) electrons. The largest absolute Gasteiger partial charge is 0.457 e. The second-order valence-corrected chi connectivity index (χ2v) is 7.26. The number of benzene rings is 2. The summed E-state index contributed by atoms with van der Waals surface area (Å²) >= 11 is 5.90. The van der Waals surface area contributed by atoms with E-state index in [0.29, 0.717) is 5.02 Å². The maximum atomic E-state index is 5.90. The van der Waals surface area contributed by atoms with Gasteiger partial charge in [0.05, 0.1) is 5.71 Å². The monoisotopic (exact) mass is 354 g/mol. The van der Waals surface area contributed by atoms with E-state index in [-0.39, 0.29) is 11.5 Å². The second kappa shape index (κ2) is 6.72. The van der Waals surface area contributed by atoms with E-state index in [0.717, 1.165) is 35.6 Å². The first-order chi connectivity index (χ1) is 12.2. The standard InChI is InChI=1S/C21H21ClNO2/c1-15-20(23-25-21(15)13-3-2-4-14-21)16-5-9-18(10-6-16)24-19-11-7-17(22)8-12-19/h5-12,15H,1-4,13-14H2. The average molecular weight is 355 g/mol. The Kier molecular flexibility index (Phi) is 4.43. The van der Waals surface area contributed by atoms with Crippen molar-refractivity contribution in [2.45, 2.75) is 37.7 Å². The van der Waals surface area contributed by atoms with Gasteiger partial charge in [0.2, 0.25) is 0 Å². The van der Waals surface area contributed by atoms with Gasteiger partial charge >= 0.3 is 0 Å². The molecule has 0 N–H and O–H groups in total. The van der Waals surface area contributed by atoms with Crippen LogP contribution in [0.5, 0.6) is 11.5 Å². The number of halogens is 1. The van der Waals surface area contributed by atoms with Crippen LogP contribution in [-0.2, 0) is 4.84 Å². The van der Waals surface area contributed by atoms with E-state index in [1.54, 1.807) is 0 Å². The molecular weight excluding hydrogens is 334 g/mol. The summed E-state index contributed by atoms with van der Waals surface area (Å²) in [5.41, 5.74) is 1.80. The van der Waals surface area contributed by atoms with E-state index in [4.69, 9.17) is 21.2 Å². The van der Waals surface area contributed by atoms with Gasteiger partial charge in [0, 0.05) is 16.5 Å². The summed E-state index contributed by atoms with van der Waals surface area (Å²) in [6.45, 7) is 4.37. The van der Waals surface area contributed by atoms with Crippen molar-refractivity contribution in [1.82, 2.24) is 0 Å². The normalized spacial score (nSPS) is 21.7. The summed E-state index contributed by atoms with van der Waals surface area (Å²) in [5, 5.41) is 5.08. The first-order valence-corrected chi connectivity index (χ1v) is 9.17. The van der Waals surface area contributed by atoms with Crippen molar-refractivity contribution in [2.75, 3.05) is 0 Å². The van der Waals surface area contributed by atoms with Gasteiger partial charge in [0.1, 0.15) is 17.1 Å². The molecule has 2 aromatic rings. The molecule has 25 heavy (non-hydrogen) atoms. The predicted octanol–water partition coefficient (Wildman–Crippen LogP) is 6.02. The minimum atomic E-state index is -0.188. The highest BCUT2D eigenvalue weighted by atomic mass is 35.5. The predicted molar refractivity (Wildman–Crippen MR) is 100 cm³/mol. The summed E-state index contributed by atoms with van der Waals surface area (Å²) in [5.74, 6) is 1.62. The van der Waals surface area contributed by atoms with Crippen LogP contribution < -0.4 is 4.74 Å². The molecular formula is C21H21ClNO2. The quantitative estimate of drug-likeness (QED) is 0.674. The lowest BCUT2D eigenvalue weighted by Crippen LogP contribution is -2.39. The maximum absolute atomic E-state index is 5.90. The molecule has 3 nitrogen and oxygen atoms in total. The summed E-state index contributed by atoms with van der Waals surface area (Å²) in [4.78, 5) is 5.88. The van der Waals surface area contributed by atoms with Gasteiger partial charge < -0.3 is 9.57 Å². The molecule has 0 saturated heterocycles. The Morgan fingerprint density at radius 3 is 2.20 bits per heavy atom. The molecule has 1 aliphatic carbocycles. The first kappa shape index (κ1) is 16.5. The lowest BCUT2D eigenvalue weighted by atomic mass is 9.74. The van der Waals surface area contributed by atoms with Gasteiger partial charge in [-0.2, -0.15) is 0 Å². The molecule has 1 aliphatic heterocycles. The van der Waals surface area contributed by atoms with E-state index in [9.17, 15) is 0 Å². The highest BCUT2D eigenvalue weighted by Gasteiger charge is 2.46. The van der Waals surface area contributed by atoms with Crippen LogP contribution in [0.25, 0.3) is 0 Å². The van der Waals surface area contributed by atoms with E-state index in [1.807, 2.05) is 48.5 Å². The Balaban J connectivity index is 1.48. The number of hydrogen-bond acceptors (Lipinski definition) is 3. The van der Waals surface area contributed by atoms with E-state index >= 15 is 0 Å². The van der Waals surface area contributed by atoms with Crippen LogP contribution in [0.3, 0.4) is 0 Å². The van der Waals surface area contributed by atoms with E-state index in [1.165, 1.54) is 19.3 Å². The molecule has 1 atom stereocenters. The van der Waals surface area contributed by atoms with Gasteiger partial charge in [-0.25, -0.2) is 0 Å². The fourth-order valence-corrected chi connectivity index (χ4v) is 3.82. The van der Waals surface area contributed by atoms with Gasteiger partial charge in [-0.3, -0.25) is 0 Å². The Labute approximate surface area is 153 Å². The SMILES string of the molecule is [CH2]C1C(c2ccc(Oc3ccc(Cl)cc3)cc2)=NOC12CCCCC2. The van der Waals surface area contributed by atoms with Crippen molar-refractivity contribution in [1.29, 1.82) is 0 Å². The van der Waals surface area contributed by atoms with Crippen LogP contribution in [0.15, 0.2) is 53.7 Å². The lowest BCUT2D eigenvalue weighted by molar-refractivity contribution is -0.0618. The molecule has 2 aliphatic rings. The van der Waals surface area contributed by atoms with Gasteiger partial charge in [0.25, 0.3) is 0 Å². The lowest BCUT2D eigenvalue weighted by Gasteiger charge is -2.34. The van der Waals surface area contributed by atoms with Crippen LogP contribution in [0.2, 0.25) is 5.02 Å². The summed E-state index contributed by atoms with van der Waals surface area (Å²) in [7, 11) is 0. The number of ether oxygens (including phenoxy) is 1. The highest BCUT2D eigenvalue weighted by Crippen LogP contribution is 2.43. The van der Waals surface area contributed by atoms with Crippen molar-refractivity contribution < 1.29 is 9.57 Å². The molecule has 1 fully saturated rings. The minimum Gasteiger partial charge on any atom is -0.457 e. The first-order valence-electron chi connectivity index (χ1n) is 8.79. The zero-order chi connectivity index (χ0) is 17.3. The fraction of sp³-hybridized carbons (Fsp3) is 0.333. The third kappa shape index (κ3) is 3.25. The zero-order valence-corrected chi connectivity index (χ0v) is 14.8. The smallest absolute Gasteiger partial charge is 0.146 e. The second-order valence-electron chi connectivity index (χ2n) is 6.83. The molecule has 0 aromatic heterocycles. The summed E-state index contributed by atoms with van der Waals surface area (Å²) in [6.07, 6.45) is 5.77. The van der Waals surface area contributed by atoms with Crippen molar-refractivity contribution in [2.24, 2.45) is 11.1 Å². The van der Waals surface area contributed by atoms with E-state index < -0.39 is 0 Å². The van der Waals surface area contributed by atoms with Crippen molar-refractivity contribution in [3.05, 3.63) is 66.0 Å². The zero-order valence-electron chi connectivity index (χ0n) is 14.1. The van der Waals surface area contributed by atoms with Gasteiger partial charge in [0.15, 0.2) is 0 Å². The third-order valence-electron chi connectivity index (χ3n) is 5.19. The number of hydrogen-bond donors (Lipinski definition) is 0. The third-order valence-corrected chi connectivity index (χ3v) is 5.44. The Morgan fingerprint density at radius 2 is 1.56 bits per heavy atom. The van der Waals surface area contributed by atoms with Crippen LogP contribution in [-0.4, -0.2) is 11.3 Å². The minimum absolute atomic E-state index is 0.0795. The van der Waals surface area contributed by atoms with Crippen LogP contribution in [0.1, 0.15) is 37.7 Å². The molecule has 1 saturated carbocycles.